The van der Waals surface area contributed by atoms with Crippen LogP contribution in [0.2, 0.25) is 0 Å². The summed E-state index contributed by atoms with van der Waals surface area (Å²) in [7, 11) is 0. The van der Waals surface area contributed by atoms with Crippen molar-refractivity contribution in [3.63, 3.8) is 0 Å². The van der Waals surface area contributed by atoms with E-state index in [0.29, 0.717) is 17.0 Å². The Balaban J connectivity index is 1.80. The quantitative estimate of drug-likeness (QED) is 0.646. The van der Waals surface area contributed by atoms with Crippen LogP contribution in [0.4, 0.5) is 11.4 Å². The first kappa shape index (κ1) is 14.1. The van der Waals surface area contributed by atoms with Crippen molar-refractivity contribution in [3.05, 3.63) is 60.4 Å². The molecule has 1 heterocycles. The number of furan rings is 1. The van der Waals surface area contributed by atoms with E-state index in [-0.39, 0.29) is 16.8 Å². The molecule has 110 valence electrons. The van der Waals surface area contributed by atoms with Crippen molar-refractivity contribution in [1.82, 2.24) is 0 Å². The molecule has 1 aromatic heterocycles. The van der Waals surface area contributed by atoms with Crippen molar-refractivity contribution in [2.45, 2.75) is 0 Å². The Kier molecular flexibility index (Phi) is 3.76. The first-order valence-corrected chi connectivity index (χ1v) is 6.99. The molecule has 0 aliphatic carbocycles. The molecule has 1 amide bonds. The van der Waals surface area contributed by atoms with Crippen molar-refractivity contribution in [1.29, 1.82) is 0 Å². The molecule has 22 heavy (non-hydrogen) atoms. The van der Waals surface area contributed by atoms with E-state index in [9.17, 15) is 4.79 Å². The van der Waals surface area contributed by atoms with Gasteiger partial charge in [0.05, 0.1) is 0 Å². The summed E-state index contributed by atoms with van der Waals surface area (Å²) in [6.07, 6.45) is 0. The van der Waals surface area contributed by atoms with Gasteiger partial charge in [0.15, 0.2) is 10.9 Å². The molecule has 0 spiro atoms. The summed E-state index contributed by atoms with van der Waals surface area (Å²) in [5.74, 6) is -0.0578. The lowest BCUT2D eigenvalue weighted by molar-refractivity contribution is 0.0998. The zero-order valence-corrected chi connectivity index (χ0v) is 12.3. The number of rotatable bonds is 3. The topological polar surface area (TPSA) is 80.3 Å². The summed E-state index contributed by atoms with van der Waals surface area (Å²) >= 11 is 4.79. The normalized spacial score (nSPS) is 10.4. The van der Waals surface area contributed by atoms with Gasteiger partial charge in [-0.25, -0.2) is 0 Å². The number of carbonyl (C=O) groups excluding carboxylic acids is 1. The standard InChI is InChI=1S/C16H13N3O2S/c17-16(22)19-12-6-3-5-11(9-12)18-15(20)14-8-10-4-1-2-7-13(10)21-14/h1-9H,(H,18,20)(H3,17,19,22). The molecule has 6 heteroatoms. The van der Waals surface area contributed by atoms with Crippen LogP contribution in [0.15, 0.2) is 59.0 Å². The number of fused-ring (bicyclic) bond motifs is 1. The average molecular weight is 311 g/mol. The number of benzene rings is 2. The zero-order chi connectivity index (χ0) is 15.5. The Morgan fingerprint density at radius 2 is 1.73 bits per heavy atom. The van der Waals surface area contributed by atoms with E-state index < -0.39 is 0 Å². The van der Waals surface area contributed by atoms with Gasteiger partial charge < -0.3 is 20.8 Å². The Morgan fingerprint density at radius 1 is 1.00 bits per heavy atom. The minimum atomic E-state index is -0.316. The lowest BCUT2D eigenvalue weighted by Crippen LogP contribution is -2.19. The third kappa shape index (κ3) is 3.07. The molecule has 0 atom stereocenters. The SMILES string of the molecule is NC(=S)Nc1cccc(NC(=O)c2cc3ccccc3o2)c1. The van der Waals surface area contributed by atoms with Crippen LogP contribution in [0.5, 0.6) is 0 Å². The fourth-order valence-electron chi connectivity index (χ4n) is 2.10. The minimum Gasteiger partial charge on any atom is -0.451 e. The van der Waals surface area contributed by atoms with Gasteiger partial charge in [-0.05, 0) is 42.5 Å². The third-order valence-corrected chi connectivity index (χ3v) is 3.14. The van der Waals surface area contributed by atoms with E-state index in [1.54, 1.807) is 30.3 Å². The maximum atomic E-state index is 12.2. The second kappa shape index (κ2) is 5.87. The number of para-hydroxylation sites is 1. The molecule has 2 aromatic carbocycles. The summed E-state index contributed by atoms with van der Waals surface area (Å²) in [5, 5.41) is 6.64. The van der Waals surface area contributed by atoms with Gasteiger partial charge in [-0.1, -0.05) is 24.3 Å². The van der Waals surface area contributed by atoms with Crippen LogP contribution in [0, 0.1) is 0 Å². The van der Waals surface area contributed by atoms with Crippen molar-refractivity contribution in [3.8, 4) is 0 Å². The molecule has 0 radical (unpaired) electrons. The number of anilines is 2. The molecule has 0 unspecified atom stereocenters. The van der Waals surface area contributed by atoms with E-state index in [2.05, 4.69) is 10.6 Å². The summed E-state index contributed by atoms with van der Waals surface area (Å²) in [6.45, 7) is 0. The van der Waals surface area contributed by atoms with Crippen LogP contribution >= 0.6 is 12.2 Å². The second-order valence-electron chi connectivity index (χ2n) is 4.67. The van der Waals surface area contributed by atoms with Crippen LogP contribution in [0.3, 0.4) is 0 Å². The van der Waals surface area contributed by atoms with Gasteiger partial charge in [0.25, 0.3) is 5.91 Å². The van der Waals surface area contributed by atoms with E-state index in [1.807, 2.05) is 24.3 Å². The molecule has 3 aromatic rings. The van der Waals surface area contributed by atoms with Gasteiger partial charge in [0.1, 0.15) is 5.58 Å². The number of hydrogen-bond donors (Lipinski definition) is 3. The molecular weight excluding hydrogens is 298 g/mol. The maximum absolute atomic E-state index is 12.2. The predicted octanol–water partition coefficient (Wildman–Crippen LogP) is 3.34. The molecule has 4 N–H and O–H groups in total. The van der Waals surface area contributed by atoms with Gasteiger partial charge in [-0.15, -0.1) is 0 Å². The summed E-state index contributed by atoms with van der Waals surface area (Å²) < 4.78 is 5.53. The molecule has 0 aliphatic heterocycles. The highest BCUT2D eigenvalue weighted by molar-refractivity contribution is 7.80. The van der Waals surface area contributed by atoms with E-state index in [0.717, 1.165) is 5.39 Å². The van der Waals surface area contributed by atoms with Crippen LogP contribution < -0.4 is 16.4 Å². The molecule has 0 fully saturated rings. The zero-order valence-electron chi connectivity index (χ0n) is 11.5. The highest BCUT2D eigenvalue weighted by Crippen LogP contribution is 2.21. The molecule has 3 rings (SSSR count). The lowest BCUT2D eigenvalue weighted by atomic mass is 10.2. The van der Waals surface area contributed by atoms with Crippen molar-refractivity contribution >= 4 is 45.6 Å². The average Bonchev–Trinajstić information content (AvgIpc) is 2.91. The smallest absolute Gasteiger partial charge is 0.291 e. The van der Waals surface area contributed by atoms with E-state index in [4.69, 9.17) is 22.4 Å². The highest BCUT2D eigenvalue weighted by Gasteiger charge is 2.12. The van der Waals surface area contributed by atoms with Crippen LogP contribution in [-0.2, 0) is 0 Å². The molecule has 5 nitrogen and oxygen atoms in total. The summed E-state index contributed by atoms with van der Waals surface area (Å²) in [4.78, 5) is 12.2. The number of nitrogens with two attached hydrogens (primary N) is 1. The first-order chi connectivity index (χ1) is 10.6. The van der Waals surface area contributed by atoms with Crippen LogP contribution in [0.25, 0.3) is 11.0 Å². The molecular formula is C16H13N3O2S. The monoisotopic (exact) mass is 311 g/mol. The van der Waals surface area contributed by atoms with Crippen molar-refractivity contribution < 1.29 is 9.21 Å². The van der Waals surface area contributed by atoms with Gasteiger partial charge in [-0.2, -0.15) is 0 Å². The molecule has 0 bridgehead atoms. The Labute approximate surface area is 132 Å². The Bertz CT molecular complexity index is 824. The Hall–Kier alpha value is -2.86. The summed E-state index contributed by atoms with van der Waals surface area (Å²) in [6, 6.07) is 16.3. The summed E-state index contributed by atoms with van der Waals surface area (Å²) in [5.41, 5.74) is 7.43. The van der Waals surface area contributed by atoms with Gasteiger partial charge in [0.2, 0.25) is 0 Å². The van der Waals surface area contributed by atoms with Gasteiger partial charge >= 0.3 is 0 Å². The van der Waals surface area contributed by atoms with Crippen molar-refractivity contribution in [2.75, 3.05) is 10.6 Å². The number of amides is 1. The van der Waals surface area contributed by atoms with E-state index in [1.165, 1.54) is 0 Å². The molecule has 0 aliphatic rings. The van der Waals surface area contributed by atoms with Crippen LogP contribution in [-0.4, -0.2) is 11.0 Å². The lowest BCUT2D eigenvalue weighted by Gasteiger charge is -2.07. The second-order valence-corrected chi connectivity index (χ2v) is 5.11. The maximum Gasteiger partial charge on any atom is 0.291 e. The van der Waals surface area contributed by atoms with Gasteiger partial charge in [-0.3, -0.25) is 4.79 Å². The number of thiocarbonyl (C=S) groups is 1. The highest BCUT2D eigenvalue weighted by atomic mass is 32.1. The third-order valence-electron chi connectivity index (χ3n) is 3.04. The first-order valence-electron chi connectivity index (χ1n) is 6.58. The van der Waals surface area contributed by atoms with Crippen molar-refractivity contribution in [2.24, 2.45) is 5.73 Å². The Morgan fingerprint density at radius 3 is 2.45 bits per heavy atom. The number of carbonyl (C=O) groups is 1. The van der Waals surface area contributed by atoms with E-state index >= 15 is 0 Å². The van der Waals surface area contributed by atoms with Crippen LogP contribution in [0.1, 0.15) is 10.6 Å². The number of nitrogens with one attached hydrogen (secondary N) is 2. The molecule has 0 saturated heterocycles. The fraction of sp³-hybridized carbons (Fsp3) is 0. The number of hydrogen-bond acceptors (Lipinski definition) is 3. The molecule has 0 saturated carbocycles. The fourth-order valence-corrected chi connectivity index (χ4v) is 2.22. The van der Waals surface area contributed by atoms with Gasteiger partial charge in [0, 0.05) is 16.8 Å². The minimum absolute atomic E-state index is 0.167. The largest absolute Gasteiger partial charge is 0.451 e. The predicted molar refractivity (Wildman–Crippen MR) is 91.0 cm³/mol.